The van der Waals surface area contributed by atoms with Gasteiger partial charge in [0.05, 0.1) is 28.6 Å². The number of halogens is 1. The van der Waals surface area contributed by atoms with Gasteiger partial charge in [-0.15, -0.1) is 0 Å². The van der Waals surface area contributed by atoms with Crippen LogP contribution in [0.25, 0.3) is 11.2 Å². The fourth-order valence-corrected chi connectivity index (χ4v) is 6.21. The second-order valence-corrected chi connectivity index (χ2v) is 9.42. The Balaban J connectivity index is 1.62. The van der Waals surface area contributed by atoms with Crippen LogP contribution in [-0.4, -0.2) is 69.8 Å². The number of piperidine rings is 1. The molecule has 2 aromatic heterocycles. The van der Waals surface area contributed by atoms with Crippen LogP contribution in [0.5, 0.6) is 0 Å². The van der Waals surface area contributed by atoms with E-state index in [-0.39, 0.29) is 22.5 Å². The lowest BCUT2D eigenvalue weighted by atomic mass is 10.1. The van der Waals surface area contributed by atoms with E-state index >= 15 is 0 Å². The molecule has 0 saturated carbocycles. The maximum atomic E-state index is 12.5. The van der Waals surface area contributed by atoms with E-state index in [0.717, 1.165) is 0 Å². The minimum absolute atomic E-state index is 0.0752. The number of amides is 2. The molecule has 1 aliphatic rings. The predicted octanol–water partition coefficient (Wildman–Crippen LogP) is 1.28. The molecule has 2 atom stereocenters. The zero-order valence-corrected chi connectivity index (χ0v) is 17.7. The quantitative estimate of drug-likeness (QED) is 0.306. The number of methoxy groups -OCH3 is 1. The number of ether oxygens (including phenoxy) is 1. The average Bonchev–Trinajstić information content (AvgIpc) is 3.09. The number of nitrogens with zero attached hydrogens (tertiary/aromatic N) is 3. The van der Waals surface area contributed by atoms with Crippen molar-refractivity contribution < 1.29 is 17.9 Å². The van der Waals surface area contributed by atoms with Crippen molar-refractivity contribution >= 4 is 55.6 Å². The zero-order chi connectivity index (χ0) is 19.4. The van der Waals surface area contributed by atoms with Crippen LogP contribution in [0.4, 0.5) is 10.6 Å². The SMILES string of the molecule is COCCS(=O)(=O)N1CCCC(NC(=O)Nc2cnc3[nH]ccc3n2)C1I. The normalized spacial score (nSPS) is 21.3. The number of H-pyrrole nitrogens is 1. The fourth-order valence-electron chi connectivity index (χ4n) is 2.88. The summed E-state index contributed by atoms with van der Waals surface area (Å²) in [5.74, 6) is 0.249. The Morgan fingerprint density at radius 3 is 3.11 bits per heavy atom. The second kappa shape index (κ2) is 8.67. The molecule has 3 heterocycles. The number of anilines is 1. The molecule has 0 aromatic carbocycles. The van der Waals surface area contributed by atoms with E-state index in [9.17, 15) is 13.2 Å². The van der Waals surface area contributed by atoms with E-state index < -0.39 is 16.1 Å². The van der Waals surface area contributed by atoms with Crippen molar-refractivity contribution in [1.82, 2.24) is 24.6 Å². The molecule has 148 valence electrons. The maximum absolute atomic E-state index is 12.5. The molecule has 2 unspecified atom stereocenters. The van der Waals surface area contributed by atoms with Gasteiger partial charge in [0.1, 0.15) is 5.52 Å². The highest BCUT2D eigenvalue weighted by molar-refractivity contribution is 14.1. The smallest absolute Gasteiger partial charge is 0.320 e. The van der Waals surface area contributed by atoms with Crippen molar-refractivity contribution in [1.29, 1.82) is 0 Å². The Hall–Kier alpha value is -1.51. The Bertz CT molecular complexity index is 905. The molecule has 3 N–H and O–H groups in total. The Labute approximate surface area is 170 Å². The molecule has 1 aliphatic heterocycles. The third-order valence-corrected chi connectivity index (χ3v) is 7.95. The molecule has 0 radical (unpaired) electrons. The molecule has 2 amide bonds. The third kappa shape index (κ3) is 4.86. The lowest BCUT2D eigenvalue weighted by Crippen LogP contribution is -2.55. The first kappa shape index (κ1) is 20.2. The summed E-state index contributed by atoms with van der Waals surface area (Å²) in [6.45, 7) is 0.580. The summed E-state index contributed by atoms with van der Waals surface area (Å²) in [5, 5.41) is 5.50. The molecule has 0 bridgehead atoms. The van der Waals surface area contributed by atoms with Gasteiger partial charge in [-0.2, -0.15) is 4.31 Å². The molecule has 0 spiro atoms. The monoisotopic (exact) mass is 508 g/mol. The van der Waals surface area contributed by atoms with Crippen molar-refractivity contribution in [3.63, 3.8) is 0 Å². The number of carbonyl (C=O) groups excluding carboxylic acids is 1. The molecule has 1 fully saturated rings. The maximum Gasteiger partial charge on any atom is 0.320 e. The van der Waals surface area contributed by atoms with Crippen molar-refractivity contribution in [3.8, 4) is 0 Å². The Morgan fingerprint density at radius 2 is 2.33 bits per heavy atom. The number of carbonyl (C=O) groups is 1. The Kier molecular flexibility index (Phi) is 6.49. The molecule has 0 aliphatic carbocycles. The van der Waals surface area contributed by atoms with Crippen LogP contribution in [0.2, 0.25) is 0 Å². The summed E-state index contributed by atoms with van der Waals surface area (Å²) < 4.78 is 30.9. The van der Waals surface area contributed by atoms with Crippen LogP contribution in [-0.2, 0) is 14.8 Å². The third-order valence-electron chi connectivity index (χ3n) is 4.22. The first-order valence-corrected chi connectivity index (χ1v) is 11.3. The van der Waals surface area contributed by atoms with Gasteiger partial charge in [0, 0.05) is 19.9 Å². The van der Waals surface area contributed by atoms with Crippen LogP contribution in [0.3, 0.4) is 0 Å². The van der Waals surface area contributed by atoms with Crippen molar-refractivity contribution in [3.05, 3.63) is 18.5 Å². The highest BCUT2D eigenvalue weighted by Crippen LogP contribution is 2.26. The summed E-state index contributed by atoms with van der Waals surface area (Å²) in [5.41, 5.74) is 1.28. The summed E-state index contributed by atoms with van der Waals surface area (Å²) >= 11 is 2.06. The number of sulfonamides is 1. The molecule has 12 heteroatoms. The van der Waals surface area contributed by atoms with Crippen molar-refractivity contribution in [2.75, 3.05) is 31.3 Å². The van der Waals surface area contributed by atoms with E-state index in [1.807, 2.05) is 0 Å². The summed E-state index contributed by atoms with van der Waals surface area (Å²) in [4.78, 5) is 23.7. The second-order valence-electron chi connectivity index (χ2n) is 6.11. The van der Waals surface area contributed by atoms with Gasteiger partial charge in [0.25, 0.3) is 0 Å². The van der Waals surface area contributed by atoms with E-state index in [4.69, 9.17) is 4.74 Å². The van der Waals surface area contributed by atoms with Crippen LogP contribution < -0.4 is 10.6 Å². The minimum Gasteiger partial charge on any atom is -0.384 e. The van der Waals surface area contributed by atoms with Gasteiger partial charge in [-0.25, -0.2) is 23.2 Å². The predicted molar refractivity (Wildman–Crippen MR) is 109 cm³/mol. The largest absolute Gasteiger partial charge is 0.384 e. The number of urea groups is 1. The van der Waals surface area contributed by atoms with Crippen LogP contribution in [0.1, 0.15) is 12.8 Å². The fraction of sp³-hybridized carbons (Fsp3) is 0.533. The highest BCUT2D eigenvalue weighted by Gasteiger charge is 2.37. The summed E-state index contributed by atoms with van der Waals surface area (Å²) in [6, 6.07) is 1.01. The van der Waals surface area contributed by atoms with Gasteiger partial charge >= 0.3 is 6.03 Å². The topological polar surface area (TPSA) is 129 Å². The van der Waals surface area contributed by atoms with E-state index in [1.165, 1.54) is 17.6 Å². The lowest BCUT2D eigenvalue weighted by molar-refractivity contribution is 0.212. The van der Waals surface area contributed by atoms with Crippen molar-refractivity contribution in [2.45, 2.75) is 22.9 Å². The number of alkyl halides is 1. The molecular formula is C15H21IN6O4S. The van der Waals surface area contributed by atoms with Gasteiger partial charge in [-0.3, -0.25) is 5.32 Å². The molecule has 10 nitrogen and oxygen atoms in total. The van der Waals surface area contributed by atoms with E-state index in [2.05, 4.69) is 48.2 Å². The van der Waals surface area contributed by atoms with E-state index in [1.54, 1.807) is 12.3 Å². The molecular weight excluding hydrogens is 487 g/mol. The van der Waals surface area contributed by atoms with Gasteiger partial charge in [0.15, 0.2) is 11.5 Å². The molecule has 27 heavy (non-hydrogen) atoms. The van der Waals surface area contributed by atoms with Gasteiger partial charge in [-0.05, 0) is 18.9 Å². The summed E-state index contributed by atoms with van der Waals surface area (Å²) in [6.07, 6.45) is 4.55. The number of aromatic nitrogens is 3. The number of aromatic amines is 1. The number of nitrogens with one attached hydrogen (secondary N) is 3. The number of hydrogen-bond donors (Lipinski definition) is 3. The van der Waals surface area contributed by atoms with Crippen LogP contribution in [0, 0.1) is 0 Å². The summed E-state index contributed by atoms with van der Waals surface area (Å²) in [7, 11) is -1.97. The van der Waals surface area contributed by atoms with Crippen LogP contribution in [0.15, 0.2) is 18.5 Å². The average molecular weight is 508 g/mol. The number of fused-ring (bicyclic) bond motifs is 1. The van der Waals surface area contributed by atoms with Gasteiger partial charge in [-0.1, -0.05) is 22.6 Å². The number of rotatable bonds is 6. The minimum atomic E-state index is -3.44. The standard InChI is InChI=1S/C15H21IN6O4S/c1-26-7-8-27(24,25)22-6-2-3-10(13(22)16)20-15(23)21-12-9-18-14-11(19-12)4-5-17-14/h4-5,9-10,13H,2-3,6-8H2,1H3,(H,17,18)(H2,19,20,21,23). The Morgan fingerprint density at radius 1 is 1.52 bits per heavy atom. The molecule has 3 rings (SSSR count). The number of hydrogen-bond acceptors (Lipinski definition) is 6. The van der Waals surface area contributed by atoms with Crippen molar-refractivity contribution in [2.24, 2.45) is 0 Å². The van der Waals surface area contributed by atoms with E-state index in [0.29, 0.717) is 36.4 Å². The van der Waals surface area contributed by atoms with Gasteiger partial charge < -0.3 is 15.0 Å². The lowest BCUT2D eigenvalue weighted by Gasteiger charge is -2.37. The zero-order valence-electron chi connectivity index (χ0n) is 14.7. The first-order valence-electron chi connectivity index (χ1n) is 8.41. The highest BCUT2D eigenvalue weighted by atomic mass is 127. The van der Waals surface area contributed by atoms with Crippen LogP contribution >= 0.6 is 22.6 Å². The first-order chi connectivity index (χ1) is 12.9. The van der Waals surface area contributed by atoms with Gasteiger partial charge in [0.2, 0.25) is 10.0 Å². The molecule has 2 aromatic rings. The molecule has 1 saturated heterocycles.